The highest BCUT2D eigenvalue weighted by Gasteiger charge is 2.19. The summed E-state index contributed by atoms with van der Waals surface area (Å²) in [6.45, 7) is 7.10. The van der Waals surface area contributed by atoms with E-state index in [0.717, 1.165) is 16.9 Å². The van der Waals surface area contributed by atoms with E-state index in [2.05, 4.69) is 24.3 Å². The zero-order valence-electron chi connectivity index (χ0n) is 12.7. The molecule has 2 aromatic rings. The monoisotopic (exact) mass is 307 g/mol. The molecule has 0 aliphatic carbocycles. The van der Waals surface area contributed by atoms with Crippen LogP contribution in [0.25, 0.3) is 5.69 Å². The first-order valence-corrected chi connectivity index (χ1v) is 7.60. The van der Waals surface area contributed by atoms with Crippen molar-refractivity contribution in [2.75, 3.05) is 6.54 Å². The molecule has 0 radical (unpaired) electrons. The van der Waals surface area contributed by atoms with E-state index in [4.69, 9.17) is 11.6 Å². The van der Waals surface area contributed by atoms with Crippen LogP contribution in [0.15, 0.2) is 30.3 Å². The third kappa shape index (κ3) is 3.84. The molecule has 1 heterocycles. The van der Waals surface area contributed by atoms with E-state index in [9.17, 15) is 5.11 Å². The summed E-state index contributed by atoms with van der Waals surface area (Å²) in [4.78, 5) is 0. The maximum absolute atomic E-state index is 9.35. The van der Waals surface area contributed by atoms with Gasteiger partial charge in [-0.05, 0) is 25.0 Å². The lowest BCUT2D eigenvalue weighted by Crippen LogP contribution is -2.24. The molecular formula is C16H22ClN3O. The second kappa shape index (κ2) is 7.07. The van der Waals surface area contributed by atoms with Crippen molar-refractivity contribution in [3.05, 3.63) is 46.7 Å². The molecular weight excluding hydrogens is 286 g/mol. The second-order valence-corrected chi connectivity index (χ2v) is 5.89. The van der Waals surface area contributed by atoms with Crippen LogP contribution in [0.4, 0.5) is 0 Å². The molecule has 0 saturated heterocycles. The van der Waals surface area contributed by atoms with E-state index >= 15 is 0 Å². The van der Waals surface area contributed by atoms with Crippen molar-refractivity contribution in [1.29, 1.82) is 0 Å². The molecule has 1 aromatic carbocycles. The van der Waals surface area contributed by atoms with E-state index in [0.29, 0.717) is 18.2 Å². The van der Waals surface area contributed by atoms with Crippen LogP contribution in [-0.2, 0) is 6.54 Å². The van der Waals surface area contributed by atoms with Gasteiger partial charge in [0.15, 0.2) is 0 Å². The van der Waals surface area contributed by atoms with Crippen LogP contribution < -0.4 is 5.32 Å². The van der Waals surface area contributed by atoms with E-state index < -0.39 is 0 Å². The van der Waals surface area contributed by atoms with Crippen molar-refractivity contribution in [3.63, 3.8) is 0 Å². The Hall–Kier alpha value is -1.36. The molecule has 0 saturated carbocycles. The van der Waals surface area contributed by atoms with Gasteiger partial charge in [0, 0.05) is 18.7 Å². The lowest BCUT2D eigenvalue weighted by molar-refractivity contribution is 0.191. The standard InChI is InChI=1S/C16H22ClN3O/c1-11(2)15-14(10-18-9-12(3)21)16(17)20(19-15)13-7-5-4-6-8-13/h4-8,11-12,18,21H,9-10H2,1-3H3. The minimum Gasteiger partial charge on any atom is -0.392 e. The van der Waals surface area contributed by atoms with Gasteiger partial charge in [-0.3, -0.25) is 0 Å². The molecule has 2 rings (SSSR count). The number of aliphatic hydroxyl groups excluding tert-OH is 1. The molecule has 0 bridgehead atoms. The van der Waals surface area contributed by atoms with Gasteiger partial charge in [0.1, 0.15) is 5.15 Å². The van der Waals surface area contributed by atoms with Gasteiger partial charge in [0.2, 0.25) is 0 Å². The van der Waals surface area contributed by atoms with Crippen molar-refractivity contribution >= 4 is 11.6 Å². The van der Waals surface area contributed by atoms with E-state index in [1.54, 1.807) is 11.6 Å². The maximum atomic E-state index is 9.35. The lowest BCUT2D eigenvalue weighted by Gasteiger charge is -2.09. The van der Waals surface area contributed by atoms with Gasteiger partial charge < -0.3 is 10.4 Å². The molecule has 4 nitrogen and oxygen atoms in total. The zero-order chi connectivity index (χ0) is 15.4. The number of hydrogen-bond donors (Lipinski definition) is 2. The Balaban J connectivity index is 2.32. The van der Waals surface area contributed by atoms with Gasteiger partial charge in [0.05, 0.1) is 17.5 Å². The topological polar surface area (TPSA) is 50.1 Å². The molecule has 0 spiro atoms. The number of aliphatic hydroxyl groups is 1. The van der Waals surface area contributed by atoms with E-state index in [1.165, 1.54) is 0 Å². The molecule has 114 valence electrons. The van der Waals surface area contributed by atoms with Gasteiger partial charge in [-0.25, -0.2) is 4.68 Å². The summed E-state index contributed by atoms with van der Waals surface area (Å²) in [5.74, 6) is 0.288. The lowest BCUT2D eigenvalue weighted by atomic mass is 10.1. The average Bonchev–Trinajstić information content (AvgIpc) is 2.77. The van der Waals surface area contributed by atoms with Crippen molar-refractivity contribution in [2.24, 2.45) is 0 Å². The number of nitrogens with one attached hydrogen (secondary N) is 1. The summed E-state index contributed by atoms with van der Waals surface area (Å²) in [5, 5.41) is 17.8. The Morgan fingerprint density at radius 3 is 2.48 bits per heavy atom. The Labute approximate surface area is 130 Å². The van der Waals surface area contributed by atoms with Crippen LogP contribution in [0.5, 0.6) is 0 Å². The van der Waals surface area contributed by atoms with Crippen LogP contribution in [0.3, 0.4) is 0 Å². The number of para-hydroxylation sites is 1. The predicted molar refractivity (Wildman–Crippen MR) is 86.1 cm³/mol. The molecule has 0 fully saturated rings. The number of nitrogens with zero attached hydrogens (tertiary/aromatic N) is 2. The third-order valence-corrected chi connectivity index (χ3v) is 3.63. The van der Waals surface area contributed by atoms with Crippen LogP contribution >= 0.6 is 11.6 Å². The number of benzene rings is 1. The summed E-state index contributed by atoms with van der Waals surface area (Å²) >= 11 is 6.52. The minimum atomic E-state index is -0.379. The first kappa shape index (κ1) is 16.0. The largest absolute Gasteiger partial charge is 0.392 e. The smallest absolute Gasteiger partial charge is 0.137 e. The minimum absolute atomic E-state index is 0.288. The fourth-order valence-corrected chi connectivity index (χ4v) is 2.52. The average molecular weight is 308 g/mol. The van der Waals surface area contributed by atoms with Gasteiger partial charge in [-0.1, -0.05) is 43.6 Å². The van der Waals surface area contributed by atoms with Crippen LogP contribution in [0, 0.1) is 0 Å². The highest BCUT2D eigenvalue weighted by Crippen LogP contribution is 2.28. The van der Waals surface area contributed by atoms with Crippen molar-refractivity contribution < 1.29 is 5.11 Å². The maximum Gasteiger partial charge on any atom is 0.137 e. The highest BCUT2D eigenvalue weighted by atomic mass is 35.5. The fraction of sp³-hybridized carbons (Fsp3) is 0.438. The summed E-state index contributed by atoms with van der Waals surface area (Å²) in [6, 6.07) is 9.86. The molecule has 1 aromatic heterocycles. The summed E-state index contributed by atoms with van der Waals surface area (Å²) in [7, 11) is 0. The van der Waals surface area contributed by atoms with E-state index in [-0.39, 0.29) is 12.0 Å². The molecule has 0 amide bonds. The van der Waals surface area contributed by atoms with Gasteiger partial charge in [-0.15, -0.1) is 0 Å². The number of halogens is 1. The van der Waals surface area contributed by atoms with Crippen molar-refractivity contribution in [1.82, 2.24) is 15.1 Å². The fourth-order valence-electron chi connectivity index (χ4n) is 2.22. The van der Waals surface area contributed by atoms with Crippen molar-refractivity contribution in [3.8, 4) is 5.69 Å². The number of hydrogen-bond acceptors (Lipinski definition) is 3. The molecule has 0 aliphatic rings. The molecule has 21 heavy (non-hydrogen) atoms. The van der Waals surface area contributed by atoms with Crippen LogP contribution in [0.2, 0.25) is 5.15 Å². The Morgan fingerprint density at radius 2 is 1.90 bits per heavy atom. The Morgan fingerprint density at radius 1 is 1.24 bits per heavy atom. The number of rotatable bonds is 6. The first-order valence-electron chi connectivity index (χ1n) is 7.22. The first-order chi connectivity index (χ1) is 10.0. The van der Waals surface area contributed by atoms with Gasteiger partial charge in [0.25, 0.3) is 0 Å². The summed E-state index contributed by atoms with van der Waals surface area (Å²) in [6.07, 6.45) is -0.379. The number of aromatic nitrogens is 2. The molecule has 1 atom stereocenters. The van der Waals surface area contributed by atoms with Crippen LogP contribution in [-0.4, -0.2) is 27.5 Å². The predicted octanol–water partition coefficient (Wildman–Crippen LogP) is 3.12. The van der Waals surface area contributed by atoms with E-state index in [1.807, 2.05) is 30.3 Å². The molecule has 2 N–H and O–H groups in total. The third-order valence-electron chi connectivity index (χ3n) is 3.24. The second-order valence-electron chi connectivity index (χ2n) is 5.54. The summed E-state index contributed by atoms with van der Waals surface area (Å²) < 4.78 is 1.77. The zero-order valence-corrected chi connectivity index (χ0v) is 13.4. The van der Waals surface area contributed by atoms with Gasteiger partial charge in [-0.2, -0.15) is 5.10 Å². The Bertz CT molecular complexity index is 579. The highest BCUT2D eigenvalue weighted by molar-refractivity contribution is 6.30. The van der Waals surface area contributed by atoms with Crippen LogP contribution in [0.1, 0.15) is 37.9 Å². The quantitative estimate of drug-likeness (QED) is 0.862. The Kier molecular flexibility index (Phi) is 5.39. The summed E-state index contributed by atoms with van der Waals surface area (Å²) in [5.41, 5.74) is 2.93. The molecule has 0 aliphatic heterocycles. The normalized spacial score (nSPS) is 12.9. The van der Waals surface area contributed by atoms with Crippen molar-refractivity contribution in [2.45, 2.75) is 39.3 Å². The molecule has 5 heteroatoms. The SMILES string of the molecule is CC(O)CNCc1c(C(C)C)nn(-c2ccccc2)c1Cl. The molecule has 1 unspecified atom stereocenters. The van der Waals surface area contributed by atoms with Gasteiger partial charge >= 0.3 is 0 Å².